The SMILES string of the molecule is Cc1coc(CC2CCC(C(=O)O)CC2)c1. The molecule has 0 spiro atoms. The first-order valence-electron chi connectivity index (χ1n) is 5.92. The molecular formula is C13H18O3. The zero-order valence-electron chi connectivity index (χ0n) is 9.61. The van der Waals surface area contributed by atoms with Crippen molar-refractivity contribution in [3.05, 3.63) is 23.7 Å². The van der Waals surface area contributed by atoms with Crippen LogP contribution in [0.2, 0.25) is 0 Å². The van der Waals surface area contributed by atoms with E-state index >= 15 is 0 Å². The lowest BCUT2D eigenvalue weighted by Crippen LogP contribution is -2.22. The molecule has 1 saturated carbocycles. The van der Waals surface area contributed by atoms with Crippen LogP contribution in [0.25, 0.3) is 0 Å². The highest BCUT2D eigenvalue weighted by atomic mass is 16.4. The Morgan fingerprint density at radius 1 is 1.44 bits per heavy atom. The third-order valence-electron chi connectivity index (χ3n) is 3.47. The highest BCUT2D eigenvalue weighted by Gasteiger charge is 2.26. The molecule has 0 atom stereocenters. The fourth-order valence-electron chi connectivity index (χ4n) is 2.50. The second-order valence-electron chi connectivity index (χ2n) is 4.85. The number of aryl methyl sites for hydroxylation is 1. The van der Waals surface area contributed by atoms with Gasteiger partial charge in [-0.1, -0.05) is 0 Å². The molecule has 2 rings (SSSR count). The van der Waals surface area contributed by atoms with E-state index in [1.54, 1.807) is 6.26 Å². The number of furan rings is 1. The van der Waals surface area contributed by atoms with Crippen molar-refractivity contribution in [3.8, 4) is 0 Å². The first-order valence-corrected chi connectivity index (χ1v) is 5.92. The Hall–Kier alpha value is -1.25. The molecule has 0 unspecified atom stereocenters. The van der Waals surface area contributed by atoms with Gasteiger partial charge in [0, 0.05) is 6.42 Å². The predicted octanol–water partition coefficient (Wildman–Crippen LogP) is 3.02. The fraction of sp³-hybridized carbons (Fsp3) is 0.615. The Morgan fingerprint density at radius 3 is 2.62 bits per heavy atom. The molecule has 1 aliphatic carbocycles. The van der Waals surface area contributed by atoms with Crippen LogP contribution in [-0.2, 0) is 11.2 Å². The molecule has 0 bridgehead atoms. The Bertz CT molecular complexity index is 359. The number of hydrogen-bond acceptors (Lipinski definition) is 2. The number of carboxylic acid groups (broad SMARTS) is 1. The van der Waals surface area contributed by atoms with Gasteiger partial charge in [0.15, 0.2) is 0 Å². The summed E-state index contributed by atoms with van der Waals surface area (Å²) in [6.45, 7) is 2.02. The van der Waals surface area contributed by atoms with E-state index < -0.39 is 5.97 Å². The Morgan fingerprint density at radius 2 is 2.12 bits per heavy atom. The van der Waals surface area contributed by atoms with Gasteiger partial charge in [0.25, 0.3) is 0 Å². The van der Waals surface area contributed by atoms with Crippen LogP contribution < -0.4 is 0 Å². The molecule has 0 saturated heterocycles. The van der Waals surface area contributed by atoms with Crippen molar-refractivity contribution in [1.82, 2.24) is 0 Å². The molecule has 3 heteroatoms. The molecule has 1 fully saturated rings. The van der Waals surface area contributed by atoms with Crippen molar-refractivity contribution < 1.29 is 14.3 Å². The zero-order valence-corrected chi connectivity index (χ0v) is 9.61. The molecule has 0 amide bonds. The largest absolute Gasteiger partial charge is 0.481 e. The molecule has 0 radical (unpaired) electrons. The average molecular weight is 222 g/mol. The molecule has 0 aliphatic heterocycles. The van der Waals surface area contributed by atoms with Crippen LogP contribution >= 0.6 is 0 Å². The summed E-state index contributed by atoms with van der Waals surface area (Å²) in [5, 5.41) is 8.90. The predicted molar refractivity (Wildman–Crippen MR) is 60.2 cm³/mol. The minimum absolute atomic E-state index is 0.116. The lowest BCUT2D eigenvalue weighted by Gasteiger charge is -2.25. The van der Waals surface area contributed by atoms with Crippen LogP contribution in [0.5, 0.6) is 0 Å². The summed E-state index contributed by atoms with van der Waals surface area (Å²) in [5.74, 6) is 0.888. The minimum atomic E-state index is -0.632. The summed E-state index contributed by atoms with van der Waals surface area (Å²) in [5.41, 5.74) is 1.16. The number of hydrogen-bond donors (Lipinski definition) is 1. The molecule has 1 heterocycles. The van der Waals surface area contributed by atoms with Gasteiger partial charge in [0.05, 0.1) is 12.2 Å². The standard InChI is InChI=1S/C13H18O3/c1-9-6-12(16-8-9)7-10-2-4-11(5-3-10)13(14)15/h6,8,10-11H,2-5,7H2,1H3,(H,14,15). The summed E-state index contributed by atoms with van der Waals surface area (Å²) in [4.78, 5) is 10.8. The Balaban J connectivity index is 1.83. The first-order chi connectivity index (χ1) is 7.65. The maximum Gasteiger partial charge on any atom is 0.306 e. The smallest absolute Gasteiger partial charge is 0.306 e. The summed E-state index contributed by atoms with van der Waals surface area (Å²) in [6, 6.07) is 2.07. The van der Waals surface area contributed by atoms with Crippen LogP contribution in [0.4, 0.5) is 0 Å². The second kappa shape index (κ2) is 4.73. The van der Waals surface area contributed by atoms with E-state index in [-0.39, 0.29) is 5.92 Å². The highest BCUT2D eigenvalue weighted by Crippen LogP contribution is 2.31. The van der Waals surface area contributed by atoms with Crippen molar-refractivity contribution >= 4 is 5.97 Å². The van der Waals surface area contributed by atoms with E-state index in [1.165, 1.54) is 0 Å². The number of carbonyl (C=O) groups is 1. The molecule has 88 valence electrons. The fourth-order valence-corrected chi connectivity index (χ4v) is 2.50. The number of carboxylic acids is 1. The van der Waals surface area contributed by atoms with Gasteiger partial charge in [-0.05, 0) is 50.2 Å². The van der Waals surface area contributed by atoms with Gasteiger partial charge in [-0.2, -0.15) is 0 Å². The third-order valence-corrected chi connectivity index (χ3v) is 3.47. The van der Waals surface area contributed by atoms with Gasteiger partial charge in [-0.3, -0.25) is 4.79 Å². The number of aliphatic carboxylic acids is 1. The molecule has 1 aromatic heterocycles. The van der Waals surface area contributed by atoms with Crippen LogP contribution in [0, 0.1) is 18.8 Å². The summed E-state index contributed by atoms with van der Waals surface area (Å²) in [6.07, 6.45) is 6.39. The van der Waals surface area contributed by atoms with Crippen LogP contribution in [-0.4, -0.2) is 11.1 Å². The molecule has 0 aromatic carbocycles. The van der Waals surface area contributed by atoms with E-state index in [4.69, 9.17) is 9.52 Å². The van der Waals surface area contributed by atoms with E-state index in [2.05, 4.69) is 6.07 Å². The minimum Gasteiger partial charge on any atom is -0.481 e. The van der Waals surface area contributed by atoms with Gasteiger partial charge in [-0.25, -0.2) is 0 Å². The van der Waals surface area contributed by atoms with Crippen molar-refractivity contribution in [2.75, 3.05) is 0 Å². The van der Waals surface area contributed by atoms with Crippen molar-refractivity contribution in [2.45, 2.75) is 39.0 Å². The van der Waals surface area contributed by atoms with Gasteiger partial charge < -0.3 is 9.52 Å². The van der Waals surface area contributed by atoms with E-state index in [0.29, 0.717) is 5.92 Å². The molecule has 16 heavy (non-hydrogen) atoms. The summed E-state index contributed by atoms with van der Waals surface area (Å²) < 4.78 is 5.42. The van der Waals surface area contributed by atoms with E-state index in [1.807, 2.05) is 6.92 Å². The lowest BCUT2D eigenvalue weighted by molar-refractivity contribution is -0.143. The van der Waals surface area contributed by atoms with Gasteiger partial charge in [0.2, 0.25) is 0 Å². The van der Waals surface area contributed by atoms with Gasteiger partial charge in [-0.15, -0.1) is 0 Å². The quantitative estimate of drug-likeness (QED) is 0.855. The van der Waals surface area contributed by atoms with Crippen LogP contribution in [0.15, 0.2) is 16.7 Å². The Labute approximate surface area is 95.5 Å². The van der Waals surface area contributed by atoms with E-state index in [0.717, 1.165) is 43.4 Å². The van der Waals surface area contributed by atoms with Crippen LogP contribution in [0.1, 0.15) is 37.0 Å². The van der Waals surface area contributed by atoms with Crippen molar-refractivity contribution in [3.63, 3.8) is 0 Å². The molecular weight excluding hydrogens is 204 g/mol. The number of rotatable bonds is 3. The molecule has 1 aromatic rings. The third kappa shape index (κ3) is 2.65. The average Bonchev–Trinajstić information content (AvgIpc) is 2.65. The van der Waals surface area contributed by atoms with Gasteiger partial charge >= 0.3 is 5.97 Å². The Kier molecular flexibility index (Phi) is 3.32. The monoisotopic (exact) mass is 222 g/mol. The zero-order chi connectivity index (χ0) is 11.5. The molecule has 1 N–H and O–H groups in total. The summed E-state index contributed by atoms with van der Waals surface area (Å²) >= 11 is 0. The normalized spacial score (nSPS) is 25.6. The van der Waals surface area contributed by atoms with Crippen LogP contribution in [0.3, 0.4) is 0 Å². The molecule has 3 nitrogen and oxygen atoms in total. The van der Waals surface area contributed by atoms with Crippen molar-refractivity contribution in [1.29, 1.82) is 0 Å². The molecule has 1 aliphatic rings. The van der Waals surface area contributed by atoms with E-state index in [9.17, 15) is 4.79 Å². The maximum atomic E-state index is 10.8. The second-order valence-corrected chi connectivity index (χ2v) is 4.85. The highest BCUT2D eigenvalue weighted by molar-refractivity contribution is 5.69. The lowest BCUT2D eigenvalue weighted by atomic mass is 9.80. The summed E-state index contributed by atoms with van der Waals surface area (Å²) in [7, 11) is 0. The first kappa shape index (κ1) is 11.2. The van der Waals surface area contributed by atoms with Gasteiger partial charge in [0.1, 0.15) is 5.76 Å². The van der Waals surface area contributed by atoms with Crippen molar-refractivity contribution in [2.24, 2.45) is 11.8 Å². The maximum absolute atomic E-state index is 10.8. The topological polar surface area (TPSA) is 50.4 Å².